The van der Waals surface area contributed by atoms with Crippen molar-refractivity contribution >= 4 is 29.4 Å². The molecule has 0 amide bonds. The minimum absolute atomic E-state index is 0.00856. The Balaban J connectivity index is 1.85. The largest absolute Gasteiger partial charge is 0.504 e. The quantitative estimate of drug-likeness (QED) is 0.439. The summed E-state index contributed by atoms with van der Waals surface area (Å²) in [7, 11) is 1.50. The number of anilines is 1. The highest BCUT2D eigenvalue weighted by Gasteiger charge is 2.33. The number of hydrogen-bond donors (Lipinski definition) is 2. The van der Waals surface area contributed by atoms with Crippen molar-refractivity contribution in [2.45, 2.75) is 26.3 Å². The molecule has 2 aliphatic rings. The zero-order valence-corrected chi connectivity index (χ0v) is 19.3. The van der Waals surface area contributed by atoms with Gasteiger partial charge in [0.25, 0.3) is 0 Å². The Morgan fingerprint density at radius 3 is 2.59 bits per heavy atom. The molecule has 0 radical (unpaired) electrons. The lowest BCUT2D eigenvalue weighted by Gasteiger charge is -2.35. The molecule has 0 aromatic heterocycles. The number of phenols is 1. The molecule has 5 rings (SSSR count). The fourth-order valence-electron chi connectivity index (χ4n) is 4.87. The first kappa shape index (κ1) is 21.8. The summed E-state index contributed by atoms with van der Waals surface area (Å²) >= 11 is 0. The van der Waals surface area contributed by atoms with Gasteiger partial charge >= 0.3 is 0 Å². The van der Waals surface area contributed by atoms with Crippen LogP contribution in [0, 0.1) is 5.82 Å². The number of benzene rings is 3. The topological polar surface area (TPSA) is 67.8 Å². The van der Waals surface area contributed by atoms with E-state index in [1.54, 1.807) is 18.2 Å². The standard InChI is InChI=1S/C28H24FNO4/c1-15-13-28(2,3)30-20-8-7-19-25(24(15)20)23(12-16-5-6-18(29)11-17(16)14-31)34-22-10-9-21(32)27(33-4)26(19)22/h5-14,30,32H,1-4H3. The predicted octanol–water partition coefficient (Wildman–Crippen LogP) is 6.52. The number of carbonyl (C=O) groups is 1. The molecule has 0 fully saturated rings. The summed E-state index contributed by atoms with van der Waals surface area (Å²) in [6, 6.07) is 11.3. The van der Waals surface area contributed by atoms with Crippen LogP contribution in [0.5, 0.6) is 17.2 Å². The average molecular weight is 458 g/mol. The molecular weight excluding hydrogens is 433 g/mol. The lowest BCUT2D eigenvalue weighted by atomic mass is 9.82. The number of rotatable bonds is 3. The summed E-state index contributed by atoms with van der Waals surface area (Å²) in [5, 5.41) is 14.0. The Bertz CT molecular complexity index is 1420. The molecule has 34 heavy (non-hydrogen) atoms. The maximum absolute atomic E-state index is 13.8. The molecule has 2 N–H and O–H groups in total. The summed E-state index contributed by atoms with van der Waals surface area (Å²) in [4.78, 5) is 11.6. The van der Waals surface area contributed by atoms with Crippen molar-refractivity contribution in [1.82, 2.24) is 0 Å². The number of aldehydes is 1. The first-order chi connectivity index (χ1) is 16.2. The van der Waals surface area contributed by atoms with Gasteiger partial charge in [-0.2, -0.15) is 0 Å². The number of fused-ring (bicyclic) bond motifs is 5. The number of allylic oxidation sites excluding steroid dienone is 1. The van der Waals surface area contributed by atoms with Crippen molar-refractivity contribution in [1.29, 1.82) is 0 Å². The van der Waals surface area contributed by atoms with Gasteiger partial charge in [0.05, 0.1) is 18.2 Å². The second-order valence-corrected chi connectivity index (χ2v) is 9.08. The van der Waals surface area contributed by atoms with E-state index in [9.17, 15) is 14.3 Å². The average Bonchev–Trinajstić information content (AvgIpc) is 2.79. The number of hydrogen-bond acceptors (Lipinski definition) is 5. The Kier molecular flexibility index (Phi) is 4.97. The summed E-state index contributed by atoms with van der Waals surface area (Å²) in [6.07, 6.45) is 4.53. The van der Waals surface area contributed by atoms with Gasteiger partial charge in [-0.3, -0.25) is 4.79 Å². The molecule has 0 atom stereocenters. The van der Waals surface area contributed by atoms with E-state index in [-0.39, 0.29) is 16.9 Å². The first-order valence-electron chi connectivity index (χ1n) is 10.9. The van der Waals surface area contributed by atoms with E-state index < -0.39 is 5.82 Å². The van der Waals surface area contributed by atoms with Gasteiger partial charge in [-0.15, -0.1) is 0 Å². The van der Waals surface area contributed by atoms with E-state index in [2.05, 4.69) is 25.2 Å². The molecule has 0 aliphatic carbocycles. The maximum atomic E-state index is 13.8. The van der Waals surface area contributed by atoms with E-state index in [0.29, 0.717) is 34.7 Å². The third kappa shape index (κ3) is 3.43. The smallest absolute Gasteiger partial charge is 0.172 e. The van der Waals surface area contributed by atoms with E-state index in [4.69, 9.17) is 9.47 Å². The predicted molar refractivity (Wildman–Crippen MR) is 132 cm³/mol. The third-order valence-electron chi connectivity index (χ3n) is 6.13. The van der Waals surface area contributed by atoms with Gasteiger partial charge in [0.1, 0.15) is 17.3 Å². The van der Waals surface area contributed by atoms with Gasteiger partial charge in [-0.05, 0) is 68.3 Å². The summed E-state index contributed by atoms with van der Waals surface area (Å²) in [6.45, 7) is 6.23. The summed E-state index contributed by atoms with van der Waals surface area (Å²) < 4.78 is 25.7. The van der Waals surface area contributed by atoms with Crippen LogP contribution in [0.3, 0.4) is 0 Å². The molecular formula is C28H24FNO4. The van der Waals surface area contributed by atoms with Crippen LogP contribution < -0.4 is 14.8 Å². The fourth-order valence-corrected chi connectivity index (χ4v) is 4.87. The van der Waals surface area contributed by atoms with E-state index in [0.717, 1.165) is 28.0 Å². The zero-order chi connectivity index (χ0) is 24.2. The zero-order valence-electron chi connectivity index (χ0n) is 19.3. The Morgan fingerprint density at radius 1 is 1.06 bits per heavy atom. The van der Waals surface area contributed by atoms with Crippen LogP contribution in [0.4, 0.5) is 10.1 Å². The summed E-state index contributed by atoms with van der Waals surface area (Å²) in [5.41, 5.74) is 5.74. The van der Waals surface area contributed by atoms with Gasteiger partial charge in [0.15, 0.2) is 17.8 Å². The molecule has 172 valence electrons. The van der Waals surface area contributed by atoms with Crippen molar-refractivity contribution in [3.8, 4) is 28.4 Å². The molecule has 0 saturated carbocycles. The highest BCUT2D eigenvalue weighted by atomic mass is 19.1. The van der Waals surface area contributed by atoms with Gasteiger partial charge in [0, 0.05) is 27.9 Å². The van der Waals surface area contributed by atoms with Crippen LogP contribution in [0.25, 0.3) is 28.5 Å². The Labute approximate surface area is 197 Å². The number of phenolic OH excluding ortho intramolecular Hbond substituents is 1. The second-order valence-electron chi connectivity index (χ2n) is 9.08. The molecule has 6 heteroatoms. The highest BCUT2D eigenvalue weighted by molar-refractivity contribution is 6.03. The van der Waals surface area contributed by atoms with E-state index in [1.807, 2.05) is 19.1 Å². The highest BCUT2D eigenvalue weighted by Crippen LogP contribution is 2.54. The molecule has 3 aromatic carbocycles. The molecule has 0 bridgehead atoms. The van der Waals surface area contributed by atoms with Crippen molar-refractivity contribution in [3.63, 3.8) is 0 Å². The number of aromatic hydroxyl groups is 1. The van der Waals surface area contributed by atoms with Crippen molar-refractivity contribution in [2.24, 2.45) is 0 Å². The van der Waals surface area contributed by atoms with Gasteiger partial charge in [0.2, 0.25) is 0 Å². The summed E-state index contributed by atoms with van der Waals surface area (Å²) in [5.74, 6) is 0.861. The molecule has 0 saturated heterocycles. The molecule has 3 aromatic rings. The molecule has 5 nitrogen and oxygen atoms in total. The third-order valence-corrected chi connectivity index (χ3v) is 6.13. The molecule has 2 heterocycles. The normalized spacial score (nSPS) is 16.4. The second kappa shape index (κ2) is 7.76. The minimum atomic E-state index is -0.484. The molecule has 0 unspecified atom stereocenters. The lowest BCUT2D eigenvalue weighted by molar-refractivity contribution is 0.112. The van der Waals surface area contributed by atoms with Crippen molar-refractivity contribution in [2.75, 3.05) is 12.4 Å². The molecule has 0 spiro atoms. The Morgan fingerprint density at radius 2 is 1.85 bits per heavy atom. The number of methoxy groups -OCH3 is 1. The minimum Gasteiger partial charge on any atom is -0.504 e. The first-order valence-corrected chi connectivity index (χ1v) is 10.9. The number of ether oxygens (including phenoxy) is 2. The lowest BCUT2D eigenvalue weighted by Crippen LogP contribution is -2.32. The number of nitrogens with one attached hydrogen (secondary N) is 1. The Hall–Kier alpha value is -4.06. The van der Waals surface area contributed by atoms with Crippen LogP contribution in [0.1, 0.15) is 47.8 Å². The van der Waals surface area contributed by atoms with Crippen LogP contribution in [-0.2, 0) is 0 Å². The van der Waals surface area contributed by atoms with Crippen LogP contribution in [0.2, 0.25) is 0 Å². The van der Waals surface area contributed by atoms with Crippen LogP contribution in [0.15, 0.2) is 48.5 Å². The SMILES string of the molecule is COc1c(O)ccc2c1-c1ccc3c(c1C(=Cc1ccc(F)cc1C=O)O2)C(C)=CC(C)(C)N3. The van der Waals surface area contributed by atoms with Gasteiger partial charge in [-0.1, -0.05) is 18.2 Å². The number of carbonyl (C=O) groups excluding carboxylic acids is 1. The van der Waals surface area contributed by atoms with Gasteiger partial charge < -0.3 is 19.9 Å². The monoisotopic (exact) mass is 457 g/mol. The van der Waals surface area contributed by atoms with Crippen LogP contribution in [-0.4, -0.2) is 24.0 Å². The van der Waals surface area contributed by atoms with E-state index in [1.165, 1.54) is 25.3 Å². The van der Waals surface area contributed by atoms with E-state index >= 15 is 0 Å². The van der Waals surface area contributed by atoms with Crippen LogP contribution >= 0.6 is 0 Å². The maximum Gasteiger partial charge on any atom is 0.172 e. The van der Waals surface area contributed by atoms with Crippen molar-refractivity contribution in [3.05, 3.63) is 76.6 Å². The fraction of sp³-hybridized carbons (Fsp3) is 0.179. The number of halogens is 1. The van der Waals surface area contributed by atoms with Gasteiger partial charge in [-0.25, -0.2) is 4.39 Å². The molecule has 2 aliphatic heterocycles. The van der Waals surface area contributed by atoms with Crippen molar-refractivity contribution < 1.29 is 23.8 Å².